The number of aliphatic hydroxyl groups is 1. The summed E-state index contributed by atoms with van der Waals surface area (Å²) in [5, 5.41) is 12.4. The van der Waals surface area contributed by atoms with Gasteiger partial charge < -0.3 is 15.3 Å². The van der Waals surface area contributed by atoms with Crippen molar-refractivity contribution in [2.24, 2.45) is 17.3 Å². The molecule has 21 heavy (non-hydrogen) atoms. The number of hydrogen-bond donors (Lipinski definition) is 2. The van der Waals surface area contributed by atoms with E-state index in [1.165, 1.54) is 32.1 Å². The molecule has 0 atom stereocenters. The minimum atomic E-state index is 0.0985. The van der Waals surface area contributed by atoms with E-state index in [0.717, 1.165) is 32.5 Å². The fourth-order valence-electron chi connectivity index (χ4n) is 4.14. The van der Waals surface area contributed by atoms with Gasteiger partial charge in [-0.25, -0.2) is 4.79 Å². The topological polar surface area (TPSA) is 52.6 Å². The minimum absolute atomic E-state index is 0.0985. The Kier molecular flexibility index (Phi) is 5.91. The van der Waals surface area contributed by atoms with Crippen LogP contribution in [0, 0.1) is 17.3 Å². The molecule has 2 aliphatic rings. The number of amides is 2. The molecule has 0 bridgehead atoms. The molecule has 0 radical (unpaired) electrons. The van der Waals surface area contributed by atoms with Gasteiger partial charge in [-0.3, -0.25) is 0 Å². The van der Waals surface area contributed by atoms with Crippen LogP contribution in [-0.4, -0.2) is 42.3 Å². The normalized spacial score (nSPS) is 22.8. The summed E-state index contributed by atoms with van der Waals surface area (Å²) in [6.45, 7) is 7.22. The quantitative estimate of drug-likeness (QED) is 0.819. The minimum Gasteiger partial charge on any atom is -0.396 e. The van der Waals surface area contributed by atoms with Crippen molar-refractivity contribution in [3.63, 3.8) is 0 Å². The Labute approximate surface area is 129 Å². The van der Waals surface area contributed by atoms with Crippen molar-refractivity contribution in [3.8, 4) is 0 Å². The van der Waals surface area contributed by atoms with Crippen LogP contribution < -0.4 is 5.32 Å². The molecule has 0 spiro atoms. The SMILES string of the molecule is CC(C)CC1(CNC(=O)N2CCC(CO)CC2)CCCC1. The summed E-state index contributed by atoms with van der Waals surface area (Å²) >= 11 is 0. The molecule has 2 amide bonds. The molecular formula is C17H32N2O2. The van der Waals surface area contributed by atoms with Crippen molar-refractivity contribution in [1.82, 2.24) is 10.2 Å². The first-order valence-electron chi connectivity index (χ1n) is 8.68. The summed E-state index contributed by atoms with van der Waals surface area (Å²) in [4.78, 5) is 14.3. The van der Waals surface area contributed by atoms with Crippen molar-refractivity contribution in [3.05, 3.63) is 0 Å². The van der Waals surface area contributed by atoms with Crippen molar-refractivity contribution < 1.29 is 9.90 Å². The molecule has 4 heteroatoms. The second-order valence-electron chi connectivity index (χ2n) is 7.58. The second-order valence-corrected chi connectivity index (χ2v) is 7.58. The van der Waals surface area contributed by atoms with E-state index in [-0.39, 0.29) is 12.6 Å². The third-order valence-corrected chi connectivity index (χ3v) is 5.28. The zero-order valence-electron chi connectivity index (χ0n) is 13.7. The maximum atomic E-state index is 12.3. The van der Waals surface area contributed by atoms with Crippen LogP contribution in [0.15, 0.2) is 0 Å². The fraction of sp³-hybridized carbons (Fsp3) is 0.941. The lowest BCUT2D eigenvalue weighted by atomic mass is 9.78. The molecule has 0 unspecified atom stereocenters. The molecule has 4 nitrogen and oxygen atoms in total. The van der Waals surface area contributed by atoms with Crippen LogP contribution in [-0.2, 0) is 0 Å². The summed E-state index contributed by atoms with van der Waals surface area (Å²) < 4.78 is 0. The maximum Gasteiger partial charge on any atom is 0.317 e. The van der Waals surface area contributed by atoms with Crippen LogP contribution in [0.3, 0.4) is 0 Å². The number of nitrogens with one attached hydrogen (secondary N) is 1. The van der Waals surface area contributed by atoms with Gasteiger partial charge in [0.15, 0.2) is 0 Å². The number of carbonyl (C=O) groups is 1. The molecule has 0 aromatic heterocycles. The van der Waals surface area contributed by atoms with E-state index in [2.05, 4.69) is 19.2 Å². The maximum absolute atomic E-state index is 12.3. The molecule has 2 rings (SSSR count). The zero-order chi connectivity index (χ0) is 15.3. The third kappa shape index (κ3) is 4.60. The number of hydrogen-bond acceptors (Lipinski definition) is 2. The second kappa shape index (κ2) is 7.48. The average molecular weight is 296 g/mol. The number of rotatable bonds is 5. The van der Waals surface area contributed by atoms with Crippen LogP contribution in [0.4, 0.5) is 4.79 Å². The molecule has 2 fully saturated rings. The van der Waals surface area contributed by atoms with Crippen LogP contribution in [0.2, 0.25) is 0 Å². The summed E-state index contributed by atoms with van der Waals surface area (Å²) in [6, 6.07) is 0.0985. The van der Waals surface area contributed by atoms with Crippen molar-refractivity contribution in [1.29, 1.82) is 0 Å². The van der Waals surface area contributed by atoms with E-state index in [0.29, 0.717) is 17.3 Å². The van der Waals surface area contributed by atoms with E-state index in [9.17, 15) is 4.79 Å². The third-order valence-electron chi connectivity index (χ3n) is 5.28. The summed E-state index contributed by atoms with van der Waals surface area (Å²) in [5.74, 6) is 1.08. The summed E-state index contributed by atoms with van der Waals surface area (Å²) in [6.07, 6.45) is 8.23. The van der Waals surface area contributed by atoms with Gasteiger partial charge >= 0.3 is 6.03 Å². The molecule has 1 saturated heterocycles. The highest BCUT2D eigenvalue weighted by atomic mass is 16.3. The van der Waals surface area contributed by atoms with Crippen LogP contribution in [0.25, 0.3) is 0 Å². The van der Waals surface area contributed by atoms with E-state index in [1.54, 1.807) is 0 Å². The smallest absolute Gasteiger partial charge is 0.317 e. The molecule has 1 saturated carbocycles. The highest BCUT2D eigenvalue weighted by Gasteiger charge is 2.35. The Morgan fingerprint density at radius 2 is 1.90 bits per heavy atom. The number of carbonyl (C=O) groups excluding carboxylic acids is 1. The largest absolute Gasteiger partial charge is 0.396 e. The van der Waals surface area contributed by atoms with Gasteiger partial charge in [-0.15, -0.1) is 0 Å². The van der Waals surface area contributed by atoms with Gasteiger partial charge in [-0.05, 0) is 49.4 Å². The summed E-state index contributed by atoms with van der Waals surface area (Å²) in [7, 11) is 0. The van der Waals surface area contributed by atoms with Crippen LogP contribution in [0.5, 0.6) is 0 Å². The van der Waals surface area contributed by atoms with E-state index in [4.69, 9.17) is 5.11 Å². The average Bonchev–Trinajstić information content (AvgIpc) is 2.93. The first kappa shape index (κ1) is 16.6. The molecule has 1 heterocycles. The lowest BCUT2D eigenvalue weighted by molar-refractivity contribution is 0.133. The van der Waals surface area contributed by atoms with Gasteiger partial charge in [-0.1, -0.05) is 26.7 Å². The van der Waals surface area contributed by atoms with Crippen LogP contribution >= 0.6 is 0 Å². The Morgan fingerprint density at radius 3 is 2.43 bits per heavy atom. The van der Waals surface area contributed by atoms with E-state index in [1.807, 2.05) is 4.90 Å². The van der Waals surface area contributed by atoms with Gasteiger partial charge in [0.1, 0.15) is 0 Å². The molecular weight excluding hydrogens is 264 g/mol. The molecule has 1 aliphatic heterocycles. The molecule has 0 aromatic rings. The van der Waals surface area contributed by atoms with Gasteiger partial charge in [0.05, 0.1) is 0 Å². The van der Waals surface area contributed by atoms with Crippen molar-refractivity contribution in [2.45, 2.75) is 58.8 Å². The van der Waals surface area contributed by atoms with Gasteiger partial charge in [0, 0.05) is 26.2 Å². The number of piperidine rings is 1. The molecule has 122 valence electrons. The predicted octanol–water partition coefficient (Wildman–Crippen LogP) is 3.01. The number of urea groups is 1. The number of aliphatic hydroxyl groups excluding tert-OH is 1. The van der Waals surface area contributed by atoms with Gasteiger partial charge in [-0.2, -0.15) is 0 Å². The first-order valence-corrected chi connectivity index (χ1v) is 8.68. The lowest BCUT2D eigenvalue weighted by Crippen LogP contribution is -2.47. The molecule has 2 N–H and O–H groups in total. The van der Waals surface area contributed by atoms with E-state index >= 15 is 0 Å². The van der Waals surface area contributed by atoms with E-state index < -0.39 is 0 Å². The molecule has 0 aromatic carbocycles. The molecule has 1 aliphatic carbocycles. The highest BCUT2D eigenvalue weighted by Crippen LogP contribution is 2.42. The Morgan fingerprint density at radius 1 is 1.29 bits per heavy atom. The summed E-state index contributed by atoms with van der Waals surface area (Å²) in [5.41, 5.74) is 0.341. The Bertz CT molecular complexity index is 330. The monoisotopic (exact) mass is 296 g/mol. The Balaban J connectivity index is 1.79. The lowest BCUT2D eigenvalue weighted by Gasteiger charge is -2.34. The van der Waals surface area contributed by atoms with Gasteiger partial charge in [0.2, 0.25) is 0 Å². The van der Waals surface area contributed by atoms with Gasteiger partial charge in [0.25, 0.3) is 0 Å². The van der Waals surface area contributed by atoms with Crippen LogP contribution in [0.1, 0.15) is 58.8 Å². The Hall–Kier alpha value is -0.770. The first-order chi connectivity index (χ1) is 10.0. The standard InChI is InChI=1S/C17H32N2O2/c1-14(2)11-17(7-3-4-8-17)13-18-16(21)19-9-5-15(12-20)6-10-19/h14-15,20H,3-13H2,1-2H3,(H,18,21). The predicted molar refractivity (Wildman–Crippen MR) is 85.1 cm³/mol. The van der Waals surface area contributed by atoms with Crippen molar-refractivity contribution >= 4 is 6.03 Å². The highest BCUT2D eigenvalue weighted by molar-refractivity contribution is 5.74. The number of nitrogens with zero attached hydrogens (tertiary/aromatic N) is 1. The zero-order valence-corrected chi connectivity index (χ0v) is 13.7. The fourth-order valence-corrected chi connectivity index (χ4v) is 4.14. The number of likely N-dealkylation sites (tertiary alicyclic amines) is 1. The van der Waals surface area contributed by atoms with Crippen molar-refractivity contribution in [2.75, 3.05) is 26.2 Å².